The molecule has 0 radical (unpaired) electrons. The Morgan fingerprint density at radius 3 is 2.70 bits per heavy atom. The lowest BCUT2D eigenvalue weighted by Gasteiger charge is -2.21. The normalized spacial score (nSPS) is 9.90. The molecule has 0 saturated carbocycles. The average Bonchev–Trinajstić information content (AvgIpc) is 2.40. The second kappa shape index (κ2) is 7.25. The number of rotatable bonds is 6. The number of halogens is 1. The molecule has 1 rings (SSSR count). The molecule has 0 bridgehead atoms. The van der Waals surface area contributed by atoms with Crippen LogP contribution in [-0.4, -0.2) is 46.8 Å². The number of carbonyl (C=O) groups is 2. The number of anilines is 1. The summed E-state index contributed by atoms with van der Waals surface area (Å²) < 4.78 is 13.6. The first-order valence-electron chi connectivity index (χ1n) is 5.80. The molecular formula is C13H15FN2O4. The monoisotopic (exact) mass is 282 g/mol. The van der Waals surface area contributed by atoms with E-state index in [4.69, 9.17) is 10.2 Å². The summed E-state index contributed by atoms with van der Waals surface area (Å²) in [6, 6.07) is 2.76. The van der Waals surface area contributed by atoms with Crippen molar-refractivity contribution in [2.24, 2.45) is 0 Å². The number of hydrogen-bond donors (Lipinski definition) is 3. The fourth-order valence-corrected chi connectivity index (χ4v) is 1.57. The zero-order valence-electron chi connectivity index (χ0n) is 10.7. The quantitative estimate of drug-likeness (QED) is 0.690. The highest BCUT2D eigenvalue weighted by Crippen LogP contribution is 2.20. The standard InChI is InChI=1S/C13H15FN2O4/c1-2-6-16(7-8-17)13(20)15-11-9(12(18)19)4-3-5-10(11)14/h2-5,17H,1,6-8H2,(H,15,20)(H,18,19). The van der Waals surface area contributed by atoms with E-state index in [-0.39, 0.29) is 25.3 Å². The van der Waals surface area contributed by atoms with E-state index in [1.165, 1.54) is 23.1 Å². The summed E-state index contributed by atoms with van der Waals surface area (Å²) in [5.41, 5.74) is -0.752. The van der Waals surface area contributed by atoms with Gasteiger partial charge in [0.25, 0.3) is 0 Å². The number of nitrogens with one attached hydrogen (secondary N) is 1. The molecule has 6 nitrogen and oxygen atoms in total. The number of carbonyl (C=O) groups excluding carboxylic acids is 1. The second-order valence-corrected chi connectivity index (χ2v) is 3.86. The zero-order valence-corrected chi connectivity index (χ0v) is 10.7. The van der Waals surface area contributed by atoms with Gasteiger partial charge in [-0.1, -0.05) is 12.1 Å². The molecule has 0 spiro atoms. The zero-order chi connectivity index (χ0) is 15.1. The first kappa shape index (κ1) is 15.6. The Morgan fingerprint density at radius 2 is 2.15 bits per heavy atom. The van der Waals surface area contributed by atoms with Gasteiger partial charge in [-0.3, -0.25) is 0 Å². The summed E-state index contributed by atoms with van der Waals surface area (Å²) >= 11 is 0. The summed E-state index contributed by atoms with van der Waals surface area (Å²) in [6.07, 6.45) is 1.44. The first-order valence-corrected chi connectivity index (χ1v) is 5.80. The minimum atomic E-state index is -1.35. The minimum absolute atomic E-state index is 0.0225. The van der Waals surface area contributed by atoms with Gasteiger partial charge in [0.15, 0.2) is 0 Å². The molecule has 0 heterocycles. The van der Waals surface area contributed by atoms with Gasteiger partial charge in [-0.25, -0.2) is 14.0 Å². The van der Waals surface area contributed by atoms with Crippen LogP contribution in [-0.2, 0) is 0 Å². The predicted octanol–water partition coefficient (Wildman–Crippen LogP) is 1.54. The van der Waals surface area contributed by atoms with Crippen molar-refractivity contribution < 1.29 is 24.2 Å². The molecule has 2 amide bonds. The van der Waals surface area contributed by atoms with Crippen molar-refractivity contribution in [3.63, 3.8) is 0 Å². The summed E-state index contributed by atoms with van der Waals surface area (Å²) in [5.74, 6) is -2.20. The van der Waals surface area contributed by atoms with Gasteiger partial charge >= 0.3 is 12.0 Å². The van der Waals surface area contributed by atoms with Crippen LogP contribution in [0.15, 0.2) is 30.9 Å². The highest BCUT2D eigenvalue weighted by Gasteiger charge is 2.19. The molecule has 0 fully saturated rings. The van der Waals surface area contributed by atoms with Crippen LogP contribution in [0.25, 0.3) is 0 Å². The molecule has 108 valence electrons. The molecule has 20 heavy (non-hydrogen) atoms. The number of urea groups is 1. The summed E-state index contributed by atoms with van der Waals surface area (Å²) in [5, 5.41) is 20.0. The summed E-state index contributed by atoms with van der Waals surface area (Å²) in [7, 11) is 0. The van der Waals surface area contributed by atoms with E-state index in [1.807, 2.05) is 0 Å². The fraction of sp³-hybridized carbons (Fsp3) is 0.231. The predicted molar refractivity (Wildman–Crippen MR) is 71.2 cm³/mol. The number of amides is 2. The highest BCUT2D eigenvalue weighted by molar-refractivity contribution is 6.00. The third kappa shape index (κ3) is 3.79. The van der Waals surface area contributed by atoms with Crippen molar-refractivity contribution in [2.45, 2.75) is 0 Å². The number of carboxylic acid groups (broad SMARTS) is 1. The second-order valence-electron chi connectivity index (χ2n) is 3.86. The van der Waals surface area contributed by atoms with Crippen LogP contribution in [0.1, 0.15) is 10.4 Å². The van der Waals surface area contributed by atoms with Gasteiger partial charge in [0.2, 0.25) is 0 Å². The average molecular weight is 282 g/mol. The number of aromatic carboxylic acids is 1. The summed E-state index contributed by atoms with van der Waals surface area (Å²) in [4.78, 5) is 24.1. The molecule has 1 aromatic carbocycles. The van der Waals surface area contributed by atoms with E-state index in [9.17, 15) is 14.0 Å². The maximum absolute atomic E-state index is 13.6. The number of hydrogen-bond acceptors (Lipinski definition) is 3. The van der Waals surface area contributed by atoms with Crippen molar-refractivity contribution in [3.8, 4) is 0 Å². The van der Waals surface area contributed by atoms with Crippen molar-refractivity contribution in [3.05, 3.63) is 42.2 Å². The minimum Gasteiger partial charge on any atom is -0.478 e. The van der Waals surface area contributed by atoms with Crippen LogP contribution in [0.2, 0.25) is 0 Å². The largest absolute Gasteiger partial charge is 0.478 e. The fourth-order valence-electron chi connectivity index (χ4n) is 1.57. The molecule has 0 aliphatic carbocycles. The number of benzene rings is 1. The highest BCUT2D eigenvalue weighted by atomic mass is 19.1. The topological polar surface area (TPSA) is 89.9 Å². The Bertz CT molecular complexity index is 519. The Balaban J connectivity index is 2.99. The Labute approximate surface area is 115 Å². The van der Waals surface area contributed by atoms with Crippen molar-refractivity contribution >= 4 is 17.7 Å². The number of aliphatic hydroxyl groups is 1. The van der Waals surface area contributed by atoms with E-state index in [1.54, 1.807) is 0 Å². The van der Waals surface area contributed by atoms with Crippen LogP contribution < -0.4 is 5.32 Å². The molecule has 0 atom stereocenters. The van der Waals surface area contributed by atoms with E-state index in [0.29, 0.717) is 0 Å². The lowest BCUT2D eigenvalue weighted by Crippen LogP contribution is -2.37. The van der Waals surface area contributed by atoms with Gasteiger partial charge in [0.1, 0.15) is 5.82 Å². The SMILES string of the molecule is C=CCN(CCO)C(=O)Nc1c(F)cccc1C(=O)O. The molecule has 3 N–H and O–H groups in total. The van der Waals surface area contributed by atoms with Crippen molar-refractivity contribution in [2.75, 3.05) is 25.0 Å². The van der Waals surface area contributed by atoms with Crippen LogP contribution in [0, 0.1) is 5.82 Å². The lowest BCUT2D eigenvalue weighted by molar-refractivity contribution is 0.0697. The molecule has 0 saturated heterocycles. The van der Waals surface area contributed by atoms with Gasteiger partial charge < -0.3 is 20.4 Å². The molecule has 0 aliphatic heterocycles. The molecule has 1 aromatic rings. The van der Waals surface area contributed by atoms with Crippen molar-refractivity contribution in [1.82, 2.24) is 4.90 Å². The number of carboxylic acids is 1. The first-order chi connectivity index (χ1) is 9.51. The smallest absolute Gasteiger partial charge is 0.337 e. The Hall–Kier alpha value is -2.41. The molecule has 0 unspecified atom stereocenters. The van der Waals surface area contributed by atoms with Gasteiger partial charge in [-0.15, -0.1) is 6.58 Å². The number of nitrogens with zero attached hydrogens (tertiary/aromatic N) is 1. The van der Waals surface area contributed by atoms with Gasteiger partial charge in [0, 0.05) is 13.1 Å². The lowest BCUT2D eigenvalue weighted by atomic mass is 10.1. The van der Waals surface area contributed by atoms with Crippen LogP contribution in [0.4, 0.5) is 14.9 Å². The Morgan fingerprint density at radius 1 is 1.45 bits per heavy atom. The van der Waals surface area contributed by atoms with Crippen LogP contribution in [0.3, 0.4) is 0 Å². The van der Waals surface area contributed by atoms with E-state index >= 15 is 0 Å². The Kier molecular flexibility index (Phi) is 5.67. The van der Waals surface area contributed by atoms with Crippen LogP contribution in [0.5, 0.6) is 0 Å². The van der Waals surface area contributed by atoms with E-state index in [2.05, 4.69) is 11.9 Å². The maximum atomic E-state index is 13.6. The van der Waals surface area contributed by atoms with E-state index < -0.39 is 23.5 Å². The maximum Gasteiger partial charge on any atom is 0.337 e. The third-order valence-corrected chi connectivity index (χ3v) is 2.48. The van der Waals surface area contributed by atoms with Gasteiger partial charge in [-0.05, 0) is 12.1 Å². The van der Waals surface area contributed by atoms with Crippen LogP contribution >= 0.6 is 0 Å². The molecule has 0 aliphatic rings. The number of para-hydroxylation sites is 1. The summed E-state index contributed by atoms with van der Waals surface area (Å²) in [6.45, 7) is 3.36. The van der Waals surface area contributed by atoms with Gasteiger partial charge in [0.05, 0.1) is 17.9 Å². The van der Waals surface area contributed by atoms with Gasteiger partial charge in [-0.2, -0.15) is 0 Å². The molecular weight excluding hydrogens is 267 g/mol. The van der Waals surface area contributed by atoms with E-state index in [0.717, 1.165) is 6.07 Å². The molecule has 7 heteroatoms. The third-order valence-electron chi connectivity index (χ3n) is 2.48. The molecule has 0 aromatic heterocycles. The number of aliphatic hydroxyl groups excluding tert-OH is 1. The van der Waals surface area contributed by atoms with Crippen molar-refractivity contribution in [1.29, 1.82) is 0 Å².